The number of hydrogen-bond acceptors (Lipinski definition) is 4. The van der Waals surface area contributed by atoms with Crippen LogP contribution in [-0.4, -0.2) is 37.4 Å². The lowest BCUT2D eigenvalue weighted by Crippen LogP contribution is -2.47. The smallest absolute Gasteiger partial charge is 0.118 e. The molecule has 1 aliphatic rings. The normalized spacial score (nSPS) is 18.0. The molecule has 0 amide bonds. The van der Waals surface area contributed by atoms with Crippen molar-refractivity contribution in [2.45, 2.75) is 38.0 Å². The first-order valence-corrected chi connectivity index (χ1v) is 9.05. The van der Waals surface area contributed by atoms with Gasteiger partial charge in [0.1, 0.15) is 5.75 Å². The van der Waals surface area contributed by atoms with Crippen molar-refractivity contribution in [3.05, 3.63) is 60.2 Å². The molecular weight excluding hydrogens is 312 g/mol. The van der Waals surface area contributed by atoms with Gasteiger partial charge in [0.15, 0.2) is 0 Å². The minimum Gasteiger partial charge on any atom is -0.497 e. The van der Waals surface area contributed by atoms with E-state index in [2.05, 4.69) is 47.5 Å². The summed E-state index contributed by atoms with van der Waals surface area (Å²) in [5, 5.41) is 14.2. The zero-order valence-electron chi connectivity index (χ0n) is 15.1. The molecule has 4 heteroatoms. The highest BCUT2D eigenvalue weighted by atomic mass is 16.5. The second-order valence-corrected chi connectivity index (χ2v) is 6.77. The summed E-state index contributed by atoms with van der Waals surface area (Å²) in [5.74, 6) is 0.810. The van der Waals surface area contributed by atoms with Crippen molar-refractivity contribution in [2.75, 3.05) is 25.1 Å². The third kappa shape index (κ3) is 4.53. The van der Waals surface area contributed by atoms with Gasteiger partial charge >= 0.3 is 0 Å². The molecule has 3 rings (SSSR count). The van der Waals surface area contributed by atoms with Crippen LogP contribution in [0, 0.1) is 0 Å². The van der Waals surface area contributed by atoms with Crippen molar-refractivity contribution in [1.82, 2.24) is 5.32 Å². The Morgan fingerprint density at radius 2 is 1.68 bits per heavy atom. The second kappa shape index (κ2) is 8.37. The van der Waals surface area contributed by atoms with Crippen LogP contribution in [0.3, 0.4) is 0 Å². The van der Waals surface area contributed by atoms with E-state index in [0.717, 1.165) is 37.2 Å². The van der Waals surface area contributed by atoms with Gasteiger partial charge in [0.05, 0.1) is 13.2 Å². The molecule has 0 aromatic heterocycles. The summed E-state index contributed by atoms with van der Waals surface area (Å²) in [5.41, 5.74) is 2.22. The van der Waals surface area contributed by atoms with E-state index < -0.39 is 6.10 Å². The van der Waals surface area contributed by atoms with E-state index in [1.54, 1.807) is 7.11 Å². The Hall–Kier alpha value is -2.04. The van der Waals surface area contributed by atoms with E-state index in [1.807, 2.05) is 24.3 Å². The van der Waals surface area contributed by atoms with Gasteiger partial charge in [-0.25, -0.2) is 0 Å². The summed E-state index contributed by atoms with van der Waals surface area (Å²) in [6.45, 7) is 4.15. The molecule has 2 aromatic rings. The van der Waals surface area contributed by atoms with Crippen molar-refractivity contribution in [3.8, 4) is 5.75 Å². The monoisotopic (exact) mass is 340 g/mol. The van der Waals surface area contributed by atoms with Gasteiger partial charge in [0, 0.05) is 30.9 Å². The van der Waals surface area contributed by atoms with Crippen LogP contribution in [0.5, 0.6) is 5.75 Å². The molecule has 4 nitrogen and oxygen atoms in total. The van der Waals surface area contributed by atoms with Crippen LogP contribution in [0.15, 0.2) is 54.6 Å². The van der Waals surface area contributed by atoms with E-state index in [-0.39, 0.29) is 6.04 Å². The number of hydrogen-bond donors (Lipinski definition) is 2. The van der Waals surface area contributed by atoms with Crippen molar-refractivity contribution in [3.63, 3.8) is 0 Å². The number of anilines is 1. The quantitative estimate of drug-likeness (QED) is 0.846. The summed E-state index contributed by atoms with van der Waals surface area (Å²) < 4.78 is 5.18. The SMILES string of the molecule is COc1ccc(C(O)C(C)NC2CCN(c3ccccc3)CC2)cc1. The fraction of sp³-hybridized carbons (Fsp3) is 0.429. The molecule has 1 aliphatic heterocycles. The Bertz CT molecular complexity index is 637. The fourth-order valence-electron chi connectivity index (χ4n) is 3.50. The first-order valence-electron chi connectivity index (χ1n) is 9.05. The number of nitrogens with one attached hydrogen (secondary N) is 1. The summed E-state index contributed by atoms with van der Waals surface area (Å²) in [6.07, 6.45) is 1.67. The predicted molar refractivity (Wildman–Crippen MR) is 102 cm³/mol. The molecule has 0 aliphatic carbocycles. The summed E-state index contributed by atoms with van der Waals surface area (Å²) >= 11 is 0. The molecule has 2 aromatic carbocycles. The molecule has 1 saturated heterocycles. The number of rotatable bonds is 6. The van der Waals surface area contributed by atoms with Gasteiger partial charge < -0.3 is 20.1 Å². The molecule has 2 atom stereocenters. The molecule has 1 heterocycles. The Kier molecular flexibility index (Phi) is 5.95. The number of aliphatic hydroxyl groups excluding tert-OH is 1. The lowest BCUT2D eigenvalue weighted by molar-refractivity contribution is 0.126. The van der Waals surface area contributed by atoms with Gasteiger partial charge in [-0.1, -0.05) is 30.3 Å². The number of aliphatic hydroxyl groups is 1. The van der Waals surface area contributed by atoms with E-state index in [9.17, 15) is 5.11 Å². The van der Waals surface area contributed by atoms with Crippen molar-refractivity contribution < 1.29 is 9.84 Å². The van der Waals surface area contributed by atoms with E-state index in [4.69, 9.17) is 4.74 Å². The van der Waals surface area contributed by atoms with Gasteiger partial charge in [-0.3, -0.25) is 0 Å². The number of ether oxygens (including phenoxy) is 1. The number of piperidine rings is 1. The van der Waals surface area contributed by atoms with Gasteiger partial charge in [-0.05, 0) is 49.6 Å². The average molecular weight is 340 g/mol. The predicted octanol–water partition coefficient (Wildman–Crippen LogP) is 3.38. The van der Waals surface area contributed by atoms with Crippen LogP contribution in [0.2, 0.25) is 0 Å². The zero-order valence-corrected chi connectivity index (χ0v) is 15.1. The standard InChI is InChI=1S/C21H28N2O2/c1-16(21(24)17-8-10-20(25-2)11-9-17)22-18-12-14-23(15-13-18)19-6-4-3-5-7-19/h3-11,16,18,21-22,24H,12-15H2,1-2H3. The molecule has 2 N–H and O–H groups in total. The highest BCUT2D eigenvalue weighted by molar-refractivity contribution is 5.46. The number of benzene rings is 2. The molecule has 0 radical (unpaired) electrons. The Morgan fingerprint density at radius 1 is 1.04 bits per heavy atom. The van der Waals surface area contributed by atoms with Crippen LogP contribution < -0.4 is 15.0 Å². The van der Waals surface area contributed by atoms with Crippen LogP contribution in [0.1, 0.15) is 31.4 Å². The minimum absolute atomic E-state index is 0.0154. The second-order valence-electron chi connectivity index (χ2n) is 6.77. The van der Waals surface area contributed by atoms with Gasteiger partial charge in [0.25, 0.3) is 0 Å². The van der Waals surface area contributed by atoms with E-state index in [1.165, 1.54) is 5.69 Å². The molecular formula is C21H28N2O2. The van der Waals surface area contributed by atoms with Crippen molar-refractivity contribution >= 4 is 5.69 Å². The Labute approximate surface area is 150 Å². The minimum atomic E-state index is -0.516. The van der Waals surface area contributed by atoms with Gasteiger partial charge in [-0.15, -0.1) is 0 Å². The van der Waals surface area contributed by atoms with Crippen molar-refractivity contribution in [1.29, 1.82) is 0 Å². The molecule has 0 bridgehead atoms. The third-order valence-corrected chi connectivity index (χ3v) is 5.05. The molecule has 2 unspecified atom stereocenters. The summed E-state index contributed by atoms with van der Waals surface area (Å²) in [7, 11) is 1.65. The maximum atomic E-state index is 10.6. The number of nitrogens with zero attached hydrogens (tertiary/aromatic N) is 1. The molecule has 0 saturated carbocycles. The topological polar surface area (TPSA) is 44.7 Å². The average Bonchev–Trinajstić information content (AvgIpc) is 2.68. The lowest BCUT2D eigenvalue weighted by atomic mass is 9.99. The van der Waals surface area contributed by atoms with Gasteiger partial charge in [0.2, 0.25) is 0 Å². The molecule has 134 valence electrons. The highest BCUT2D eigenvalue weighted by Crippen LogP contribution is 2.23. The summed E-state index contributed by atoms with van der Waals surface area (Å²) in [4.78, 5) is 2.43. The van der Waals surface area contributed by atoms with Crippen LogP contribution >= 0.6 is 0 Å². The number of para-hydroxylation sites is 1. The van der Waals surface area contributed by atoms with Crippen LogP contribution in [0.4, 0.5) is 5.69 Å². The zero-order chi connectivity index (χ0) is 17.6. The maximum Gasteiger partial charge on any atom is 0.118 e. The lowest BCUT2D eigenvalue weighted by Gasteiger charge is -2.36. The molecule has 25 heavy (non-hydrogen) atoms. The van der Waals surface area contributed by atoms with Crippen LogP contribution in [-0.2, 0) is 0 Å². The van der Waals surface area contributed by atoms with Gasteiger partial charge in [-0.2, -0.15) is 0 Å². The van der Waals surface area contributed by atoms with Crippen LogP contribution in [0.25, 0.3) is 0 Å². The highest BCUT2D eigenvalue weighted by Gasteiger charge is 2.24. The van der Waals surface area contributed by atoms with E-state index in [0.29, 0.717) is 6.04 Å². The third-order valence-electron chi connectivity index (χ3n) is 5.05. The first kappa shape index (κ1) is 17.8. The molecule has 1 fully saturated rings. The Balaban J connectivity index is 1.50. The molecule has 0 spiro atoms. The maximum absolute atomic E-state index is 10.6. The van der Waals surface area contributed by atoms with E-state index >= 15 is 0 Å². The van der Waals surface area contributed by atoms with Crippen molar-refractivity contribution in [2.24, 2.45) is 0 Å². The largest absolute Gasteiger partial charge is 0.497 e. The summed E-state index contributed by atoms with van der Waals surface area (Å²) in [6, 6.07) is 18.7. The fourth-order valence-corrected chi connectivity index (χ4v) is 3.50. The Morgan fingerprint density at radius 3 is 2.28 bits per heavy atom. The number of methoxy groups -OCH3 is 1. The first-order chi connectivity index (χ1) is 12.2.